The molecule has 11 heteroatoms. The highest BCUT2D eigenvalue weighted by Gasteiger charge is 2.60. The van der Waals surface area contributed by atoms with Crippen molar-refractivity contribution in [3.05, 3.63) is 93.2 Å². The fourth-order valence-corrected chi connectivity index (χ4v) is 6.94. The Kier molecular flexibility index (Phi) is 10.5. The Hall–Kier alpha value is -3.82. The van der Waals surface area contributed by atoms with E-state index in [1.807, 2.05) is 106 Å². The molecular weight excluding hydrogens is 673 g/mol. The van der Waals surface area contributed by atoms with Gasteiger partial charge < -0.3 is 19.7 Å². The maximum Gasteiger partial charge on any atom is 0.407 e. The van der Waals surface area contributed by atoms with Gasteiger partial charge in [-0.1, -0.05) is 68.2 Å². The first-order valence-electron chi connectivity index (χ1n) is 17.2. The van der Waals surface area contributed by atoms with Crippen LogP contribution in [-0.2, 0) is 21.2 Å². The molecule has 2 aliphatic heterocycles. The Morgan fingerprint density at radius 2 is 1.48 bits per heavy atom. The zero-order valence-electron chi connectivity index (χ0n) is 30.6. The number of pyridine rings is 1. The molecular formula is C39H49Cl2N5O4. The number of carbonyl (C=O) groups excluding carboxylic acids is 2. The number of amides is 3. The number of alkyl carbamates (subject to hydrolysis) is 1. The van der Waals surface area contributed by atoms with Crippen LogP contribution in [-0.4, -0.2) is 64.1 Å². The number of piperidine rings is 1. The number of nitrogens with one attached hydrogen (secondary N) is 1. The number of aliphatic imine (C=N–C) groups is 1. The summed E-state index contributed by atoms with van der Waals surface area (Å²) in [4.78, 5) is 41.7. The number of urea groups is 1. The highest BCUT2D eigenvalue weighted by molar-refractivity contribution is 6.30. The van der Waals surface area contributed by atoms with Gasteiger partial charge in [0.15, 0.2) is 0 Å². The van der Waals surface area contributed by atoms with E-state index < -0.39 is 22.8 Å². The molecule has 3 heterocycles. The number of hydrogen-bond acceptors (Lipinski definition) is 6. The van der Waals surface area contributed by atoms with Crippen molar-refractivity contribution in [2.24, 2.45) is 4.99 Å². The molecule has 1 fully saturated rings. The second kappa shape index (κ2) is 14.1. The van der Waals surface area contributed by atoms with E-state index >= 15 is 4.79 Å². The number of amidine groups is 1. The number of ether oxygens (including phenoxy) is 2. The van der Waals surface area contributed by atoms with E-state index in [9.17, 15) is 4.79 Å². The van der Waals surface area contributed by atoms with Gasteiger partial charge in [0, 0.05) is 52.5 Å². The first-order chi connectivity index (χ1) is 23.4. The van der Waals surface area contributed by atoms with Gasteiger partial charge in [-0.3, -0.25) is 14.9 Å². The lowest BCUT2D eigenvalue weighted by molar-refractivity contribution is 0.0479. The summed E-state index contributed by atoms with van der Waals surface area (Å²) >= 11 is 12.8. The van der Waals surface area contributed by atoms with Crippen LogP contribution >= 0.6 is 23.2 Å². The molecule has 2 aliphatic rings. The fraction of sp³-hybridized carbons (Fsp3) is 0.487. The fourth-order valence-electron chi connectivity index (χ4n) is 6.69. The van der Waals surface area contributed by atoms with Crippen LogP contribution in [0.1, 0.15) is 97.5 Å². The van der Waals surface area contributed by atoms with Crippen LogP contribution in [0.5, 0.6) is 5.75 Å². The zero-order chi connectivity index (χ0) is 36.6. The van der Waals surface area contributed by atoms with Gasteiger partial charge in [-0.05, 0) is 89.8 Å². The molecule has 3 aromatic rings. The monoisotopic (exact) mass is 721 g/mol. The lowest BCUT2D eigenvalue weighted by atomic mass is 9.71. The van der Waals surface area contributed by atoms with Crippen molar-refractivity contribution in [3.8, 4) is 5.75 Å². The summed E-state index contributed by atoms with van der Waals surface area (Å²) in [6, 6.07) is 16.8. The van der Waals surface area contributed by atoms with Crippen LogP contribution < -0.4 is 10.1 Å². The summed E-state index contributed by atoms with van der Waals surface area (Å²) in [7, 11) is 0. The van der Waals surface area contributed by atoms with Crippen molar-refractivity contribution in [3.63, 3.8) is 0 Å². The van der Waals surface area contributed by atoms with Crippen molar-refractivity contribution in [1.29, 1.82) is 0 Å². The lowest BCUT2D eigenvalue weighted by Crippen LogP contribution is -2.59. The molecule has 3 amide bonds. The highest BCUT2D eigenvalue weighted by Crippen LogP contribution is 2.54. The molecule has 1 aromatic heterocycles. The van der Waals surface area contributed by atoms with Crippen molar-refractivity contribution >= 4 is 41.2 Å². The first-order valence-corrected chi connectivity index (χ1v) is 18.0. The quantitative estimate of drug-likeness (QED) is 0.274. The van der Waals surface area contributed by atoms with Crippen molar-refractivity contribution in [2.45, 2.75) is 103 Å². The SMILES string of the molecule is CCOc1cc(C(C)(C)C)ncc1C1=N[C@@](C)(c2ccc(Cl)cc2)[C@@](C)(c2ccc(Cl)cc2)N1C(=O)N1CCC(NC(=O)OC(C)(C)C)CC1. The van der Waals surface area contributed by atoms with Crippen LogP contribution in [0.3, 0.4) is 0 Å². The van der Waals surface area contributed by atoms with Gasteiger partial charge >= 0.3 is 12.1 Å². The highest BCUT2D eigenvalue weighted by atomic mass is 35.5. The Labute approximate surface area is 306 Å². The molecule has 0 saturated carbocycles. The second-order valence-electron chi connectivity index (χ2n) is 15.4. The van der Waals surface area contributed by atoms with Crippen LogP contribution in [0.2, 0.25) is 10.0 Å². The van der Waals surface area contributed by atoms with Gasteiger partial charge in [0.05, 0.1) is 12.2 Å². The van der Waals surface area contributed by atoms with Gasteiger partial charge in [-0.25, -0.2) is 9.59 Å². The maximum absolute atomic E-state index is 15.2. The van der Waals surface area contributed by atoms with Gasteiger partial charge in [0.1, 0.15) is 28.3 Å². The molecule has 0 spiro atoms. The number of hydrogen-bond donors (Lipinski definition) is 1. The summed E-state index contributed by atoms with van der Waals surface area (Å²) in [5.74, 6) is 1.05. The van der Waals surface area contributed by atoms with Gasteiger partial charge in [0.25, 0.3) is 0 Å². The second-order valence-corrected chi connectivity index (χ2v) is 16.2. The summed E-state index contributed by atoms with van der Waals surface area (Å²) < 4.78 is 11.8. The van der Waals surface area contributed by atoms with Crippen molar-refractivity contribution in [2.75, 3.05) is 19.7 Å². The summed E-state index contributed by atoms with van der Waals surface area (Å²) in [5, 5.41) is 4.17. The van der Waals surface area contributed by atoms with Crippen molar-refractivity contribution < 1.29 is 19.1 Å². The molecule has 50 heavy (non-hydrogen) atoms. The summed E-state index contributed by atoms with van der Waals surface area (Å²) in [5.41, 5.74) is 0.346. The molecule has 2 atom stereocenters. The number of rotatable bonds is 6. The van der Waals surface area contributed by atoms with E-state index in [0.717, 1.165) is 16.8 Å². The number of benzene rings is 2. The predicted octanol–water partition coefficient (Wildman–Crippen LogP) is 9.09. The van der Waals surface area contributed by atoms with E-state index in [2.05, 4.69) is 26.1 Å². The Bertz CT molecular complexity index is 1740. The molecule has 1 N–H and O–H groups in total. The molecule has 0 radical (unpaired) electrons. The number of nitrogens with zero attached hydrogens (tertiary/aromatic N) is 4. The van der Waals surface area contributed by atoms with E-state index in [0.29, 0.717) is 59.7 Å². The smallest absolute Gasteiger partial charge is 0.407 e. The van der Waals surface area contributed by atoms with Gasteiger partial charge in [0.2, 0.25) is 0 Å². The predicted molar refractivity (Wildman–Crippen MR) is 199 cm³/mol. The standard InChI is InChI=1S/C39H49Cl2N5O4/c1-10-49-31-23-32(36(2,3)4)42-24-30(31)33-44-38(8,25-11-15-27(40)16-12-25)39(9,26-13-17-28(41)18-14-26)46(33)35(48)45-21-19-29(20-22-45)43-34(47)50-37(5,6)7/h11-18,23-24,29H,10,19-22H2,1-9H3,(H,43,47)/t38-,39+/m0/s1. The molecule has 268 valence electrons. The third-order valence-electron chi connectivity index (χ3n) is 9.60. The van der Waals surface area contributed by atoms with Gasteiger partial charge in [-0.15, -0.1) is 0 Å². The van der Waals surface area contributed by atoms with E-state index in [1.54, 1.807) is 6.20 Å². The van der Waals surface area contributed by atoms with E-state index in [-0.39, 0.29) is 17.5 Å². The molecule has 0 bridgehead atoms. The Balaban J connectivity index is 1.64. The molecule has 0 unspecified atom stereocenters. The van der Waals surface area contributed by atoms with Crippen LogP contribution in [0, 0.1) is 0 Å². The number of likely N-dealkylation sites (tertiary alicyclic amines) is 1. The van der Waals surface area contributed by atoms with Crippen LogP contribution in [0.15, 0.2) is 65.8 Å². The van der Waals surface area contributed by atoms with E-state index in [4.69, 9.17) is 42.7 Å². The average molecular weight is 723 g/mol. The summed E-state index contributed by atoms with van der Waals surface area (Å²) in [6.07, 6.45) is 2.46. The molecule has 9 nitrogen and oxygen atoms in total. The normalized spacial score (nSPS) is 21.5. The number of aromatic nitrogens is 1. The Morgan fingerprint density at radius 3 is 2.00 bits per heavy atom. The third-order valence-corrected chi connectivity index (χ3v) is 10.1. The molecule has 1 saturated heterocycles. The third kappa shape index (κ3) is 7.45. The van der Waals surface area contributed by atoms with E-state index in [1.165, 1.54) is 0 Å². The lowest BCUT2D eigenvalue weighted by Gasteiger charge is -2.47. The van der Waals surface area contributed by atoms with Crippen molar-refractivity contribution in [1.82, 2.24) is 20.1 Å². The largest absolute Gasteiger partial charge is 0.493 e. The van der Waals surface area contributed by atoms with Crippen LogP contribution in [0.25, 0.3) is 0 Å². The number of halogens is 2. The maximum atomic E-state index is 15.2. The minimum absolute atomic E-state index is 0.124. The number of carbonyl (C=O) groups is 2. The van der Waals surface area contributed by atoms with Gasteiger partial charge in [-0.2, -0.15) is 0 Å². The Morgan fingerprint density at radius 1 is 0.920 bits per heavy atom. The minimum Gasteiger partial charge on any atom is -0.493 e. The summed E-state index contributed by atoms with van der Waals surface area (Å²) in [6.45, 7) is 19.1. The van der Waals surface area contributed by atoms with Crippen LogP contribution in [0.4, 0.5) is 9.59 Å². The average Bonchev–Trinajstić information content (AvgIpc) is 3.28. The molecule has 5 rings (SSSR count). The zero-order valence-corrected chi connectivity index (χ0v) is 32.1. The molecule has 0 aliphatic carbocycles. The minimum atomic E-state index is -1.05. The first kappa shape index (κ1) is 37.4. The topological polar surface area (TPSA) is 96.4 Å². The molecule has 2 aromatic carbocycles.